The number of piperazine rings is 1. The van der Waals surface area contributed by atoms with Crippen molar-refractivity contribution < 1.29 is 9.21 Å². The number of furan rings is 1. The van der Waals surface area contributed by atoms with Crippen molar-refractivity contribution in [2.45, 2.75) is 31.7 Å². The number of unbranched alkanes of at least 4 members (excludes halogenated alkanes) is 1. The number of aromatic amines is 1. The van der Waals surface area contributed by atoms with Crippen LogP contribution in [-0.4, -0.2) is 36.6 Å². The Morgan fingerprint density at radius 3 is 2.97 bits per heavy atom. The molecule has 0 saturated carbocycles. The summed E-state index contributed by atoms with van der Waals surface area (Å²) in [6.45, 7) is 2.75. The van der Waals surface area contributed by atoms with Crippen LogP contribution in [0.15, 0.2) is 53.1 Å². The Bertz CT molecular complexity index is 1350. The van der Waals surface area contributed by atoms with Gasteiger partial charge in [-0.05, 0) is 61.2 Å². The smallest absolute Gasteiger partial charge is 0.284 e. The molecule has 168 valence electrons. The normalized spacial score (nSPS) is 16.3. The number of H-pyrrole nitrogens is 1. The molecule has 1 aliphatic rings. The van der Waals surface area contributed by atoms with E-state index >= 15 is 0 Å². The Balaban J connectivity index is 1.27. The highest BCUT2D eigenvalue weighted by Gasteiger charge is 2.24. The van der Waals surface area contributed by atoms with E-state index in [0.29, 0.717) is 17.2 Å². The van der Waals surface area contributed by atoms with Gasteiger partial charge in [-0.15, -0.1) is 0 Å². The van der Waals surface area contributed by atoms with Crippen LogP contribution in [0, 0.1) is 11.3 Å². The van der Waals surface area contributed by atoms with Crippen LogP contribution in [0.1, 0.15) is 40.9 Å². The molecule has 5 rings (SSSR count). The van der Waals surface area contributed by atoms with Crippen molar-refractivity contribution >= 4 is 33.5 Å². The molecule has 1 unspecified atom stereocenters. The highest BCUT2D eigenvalue weighted by Crippen LogP contribution is 2.32. The van der Waals surface area contributed by atoms with Crippen molar-refractivity contribution in [2.75, 3.05) is 24.5 Å². The van der Waals surface area contributed by atoms with E-state index in [9.17, 15) is 10.1 Å². The zero-order chi connectivity index (χ0) is 22.8. The highest BCUT2D eigenvalue weighted by molar-refractivity contribution is 5.99. The summed E-state index contributed by atoms with van der Waals surface area (Å²) in [6, 6.07) is 16.1. The average molecular weight is 442 g/mol. The highest BCUT2D eigenvalue weighted by atomic mass is 16.3. The Morgan fingerprint density at radius 2 is 2.12 bits per heavy atom. The summed E-state index contributed by atoms with van der Waals surface area (Å²) in [7, 11) is 0. The second kappa shape index (κ2) is 9.00. The van der Waals surface area contributed by atoms with Gasteiger partial charge >= 0.3 is 0 Å². The van der Waals surface area contributed by atoms with Crippen LogP contribution >= 0.6 is 0 Å². The molecule has 1 atom stereocenters. The van der Waals surface area contributed by atoms with E-state index in [1.54, 1.807) is 6.07 Å². The zero-order valence-corrected chi connectivity index (χ0v) is 18.4. The van der Waals surface area contributed by atoms with Gasteiger partial charge in [0.15, 0.2) is 5.76 Å². The van der Waals surface area contributed by atoms with E-state index in [1.165, 1.54) is 5.56 Å². The average Bonchev–Trinajstić information content (AvgIpc) is 3.46. The van der Waals surface area contributed by atoms with E-state index < -0.39 is 5.91 Å². The number of benzene rings is 2. The minimum atomic E-state index is -0.548. The number of carbonyl (C=O) groups excluding carboxylic acids is 1. The summed E-state index contributed by atoms with van der Waals surface area (Å²) >= 11 is 0. The van der Waals surface area contributed by atoms with Crippen LogP contribution < -0.4 is 16.0 Å². The van der Waals surface area contributed by atoms with Gasteiger partial charge in [-0.25, -0.2) is 0 Å². The minimum Gasteiger partial charge on any atom is -0.451 e. The van der Waals surface area contributed by atoms with Crippen LogP contribution in [0.5, 0.6) is 0 Å². The number of nitrogens with two attached hydrogens (primary N) is 1. The third-order valence-corrected chi connectivity index (χ3v) is 6.57. The molecular formula is C26H27N5O2. The second-order valence-electron chi connectivity index (χ2n) is 8.65. The summed E-state index contributed by atoms with van der Waals surface area (Å²) in [5, 5.41) is 14.8. The van der Waals surface area contributed by atoms with Gasteiger partial charge < -0.3 is 25.4 Å². The molecule has 0 aliphatic carbocycles. The summed E-state index contributed by atoms with van der Waals surface area (Å²) in [5.74, 6) is -0.351. The van der Waals surface area contributed by atoms with Gasteiger partial charge in [0.2, 0.25) is 0 Å². The number of nitrogens with one attached hydrogen (secondary N) is 2. The molecule has 4 aromatic rings. The molecule has 1 aliphatic heterocycles. The van der Waals surface area contributed by atoms with Crippen molar-refractivity contribution in [2.24, 2.45) is 5.73 Å². The topological polar surface area (TPSA) is 111 Å². The van der Waals surface area contributed by atoms with E-state index in [2.05, 4.69) is 33.5 Å². The van der Waals surface area contributed by atoms with Crippen molar-refractivity contribution in [3.05, 3.63) is 65.5 Å². The molecule has 2 aromatic heterocycles. The first-order valence-corrected chi connectivity index (χ1v) is 11.4. The lowest BCUT2D eigenvalue weighted by atomic mass is 10.0. The predicted octanol–water partition coefficient (Wildman–Crippen LogP) is 4.08. The van der Waals surface area contributed by atoms with Gasteiger partial charge in [-0.2, -0.15) is 5.26 Å². The van der Waals surface area contributed by atoms with E-state index in [0.717, 1.165) is 67.3 Å². The van der Waals surface area contributed by atoms with Gasteiger partial charge in [0.1, 0.15) is 5.58 Å². The number of rotatable bonds is 7. The van der Waals surface area contributed by atoms with Gasteiger partial charge in [0.25, 0.3) is 5.91 Å². The molecule has 0 bridgehead atoms. The molecule has 3 heterocycles. The summed E-state index contributed by atoms with van der Waals surface area (Å²) in [4.78, 5) is 17.3. The molecule has 0 spiro atoms. The van der Waals surface area contributed by atoms with Crippen molar-refractivity contribution in [3.8, 4) is 6.07 Å². The van der Waals surface area contributed by atoms with Gasteiger partial charge in [0, 0.05) is 53.8 Å². The van der Waals surface area contributed by atoms with E-state index in [4.69, 9.17) is 10.2 Å². The number of aryl methyl sites for hydroxylation is 1. The van der Waals surface area contributed by atoms with Gasteiger partial charge in [-0.3, -0.25) is 4.79 Å². The molecule has 2 aromatic carbocycles. The predicted molar refractivity (Wildman–Crippen MR) is 129 cm³/mol. The number of hydrogen-bond donors (Lipinski definition) is 3. The quantitative estimate of drug-likeness (QED) is 0.374. The molecule has 7 heteroatoms. The minimum absolute atomic E-state index is 0.197. The molecule has 1 amide bonds. The maximum atomic E-state index is 11.6. The Hall–Kier alpha value is -3.76. The molecule has 7 nitrogen and oxygen atoms in total. The Kier molecular flexibility index (Phi) is 5.76. The molecule has 0 radical (unpaired) electrons. The fourth-order valence-electron chi connectivity index (χ4n) is 4.90. The number of nitrogens with zero attached hydrogens (tertiary/aromatic N) is 2. The molecule has 1 fully saturated rings. The number of fused-ring (bicyclic) bond motifs is 2. The number of hydrogen-bond acceptors (Lipinski definition) is 5. The Labute approximate surface area is 192 Å². The lowest BCUT2D eigenvalue weighted by molar-refractivity contribution is 0.0976. The SMILES string of the molecule is N#Cc1ccc2[nH]cc(CCCCC3CNCCN3c3cccc4oc(C(N)=O)cc34)c2c1. The van der Waals surface area contributed by atoms with Crippen molar-refractivity contribution in [1.29, 1.82) is 5.26 Å². The zero-order valence-electron chi connectivity index (χ0n) is 18.4. The van der Waals surface area contributed by atoms with Crippen LogP contribution in [0.4, 0.5) is 5.69 Å². The van der Waals surface area contributed by atoms with Crippen LogP contribution in [0.3, 0.4) is 0 Å². The number of carbonyl (C=O) groups is 1. The fourth-order valence-corrected chi connectivity index (χ4v) is 4.90. The van der Waals surface area contributed by atoms with E-state index in [-0.39, 0.29) is 5.76 Å². The maximum absolute atomic E-state index is 11.6. The standard InChI is InChI=1S/C26H27N5O2/c27-14-17-8-9-22-20(12-17)18(15-30-22)4-1-2-5-19-16-29-10-11-31(19)23-6-3-7-24-21(23)13-25(33-24)26(28)32/h3,6-9,12-13,15,19,29-30H,1-2,4-5,10-11,16H2,(H2,28,32). The lowest BCUT2D eigenvalue weighted by Crippen LogP contribution is -2.51. The largest absolute Gasteiger partial charge is 0.451 e. The summed E-state index contributed by atoms with van der Waals surface area (Å²) in [5.41, 5.74) is 10.3. The molecule has 1 saturated heterocycles. The number of amides is 1. The lowest BCUT2D eigenvalue weighted by Gasteiger charge is -2.38. The maximum Gasteiger partial charge on any atom is 0.284 e. The molecule has 4 N–H and O–H groups in total. The Morgan fingerprint density at radius 1 is 1.21 bits per heavy atom. The van der Waals surface area contributed by atoms with Gasteiger partial charge in [0.05, 0.1) is 11.6 Å². The number of primary amides is 1. The van der Waals surface area contributed by atoms with Crippen LogP contribution in [0.25, 0.3) is 21.9 Å². The molecular weight excluding hydrogens is 414 g/mol. The first-order valence-electron chi connectivity index (χ1n) is 11.4. The molecule has 33 heavy (non-hydrogen) atoms. The van der Waals surface area contributed by atoms with E-state index in [1.807, 2.05) is 30.3 Å². The third-order valence-electron chi connectivity index (χ3n) is 6.57. The van der Waals surface area contributed by atoms with Gasteiger partial charge in [-0.1, -0.05) is 12.5 Å². The van der Waals surface area contributed by atoms with Crippen molar-refractivity contribution in [1.82, 2.24) is 10.3 Å². The van der Waals surface area contributed by atoms with Crippen LogP contribution in [-0.2, 0) is 6.42 Å². The fraction of sp³-hybridized carbons (Fsp3) is 0.308. The summed E-state index contributed by atoms with van der Waals surface area (Å²) in [6.07, 6.45) is 6.29. The number of aromatic nitrogens is 1. The second-order valence-corrected chi connectivity index (χ2v) is 8.65. The number of anilines is 1. The van der Waals surface area contributed by atoms with Crippen molar-refractivity contribution in [3.63, 3.8) is 0 Å². The first kappa shape index (κ1) is 21.1. The first-order chi connectivity index (χ1) is 16.1. The van der Waals surface area contributed by atoms with Crippen LogP contribution in [0.2, 0.25) is 0 Å². The monoisotopic (exact) mass is 441 g/mol. The number of nitriles is 1. The summed E-state index contributed by atoms with van der Waals surface area (Å²) < 4.78 is 5.65. The third kappa shape index (κ3) is 4.18.